The van der Waals surface area contributed by atoms with Crippen molar-refractivity contribution in [3.63, 3.8) is 0 Å². The average Bonchev–Trinajstić information content (AvgIpc) is 2.71. The van der Waals surface area contributed by atoms with Gasteiger partial charge in [0.2, 0.25) is 5.88 Å². The Morgan fingerprint density at radius 2 is 2.00 bits per heavy atom. The minimum absolute atomic E-state index is 0.342. The van der Waals surface area contributed by atoms with Crippen LogP contribution < -0.4 is 5.73 Å². The maximum absolute atomic E-state index is 5.86. The third kappa shape index (κ3) is 2.36. The van der Waals surface area contributed by atoms with Crippen LogP contribution in [0.5, 0.6) is 0 Å². The highest BCUT2D eigenvalue weighted by molar-refractivity contribution is 9.10. The van der Waals surface area contributed by atoms with E-state index in [9.17, 15) is 0 Å². The van der Waals surface area contributed by atoms with Gasteiger partial charge in [0.05, 0.1) is 11.3 Å². The summed E-state index contributed by atoms with van der Waals surface area (Å²) in [6.45, 7) is 4.25. The smallest absolute Gasteiger partial charge is 0.230 e. The molecular weight excluding hydrogens is 280 g/mol. The van der Waals surface area contributed by atoms with Gasteiger partial charge in [-0.3, -0.25) is 0 Å². The molecule has 2 aromatic rings. The molecule has 0 aliphatic rings. The van der Waals surface area contributed by atoms with E-state index < -0.39 is 0 Å². The SMILES string of the molecule is CCC(C)c1noc(N)c1-c1ccc(Br)cc1. The second-order valence-electron chi connectivity index (χ2n) is 4.12. The molecule has 3 nitrogen and oxygen atoms in total. The van der Waals surface area contributed by atoms with Crippen LogP contribution in [0.15, 0.2) is 33.3 Å². The van der Waals surface area contributed by atoms with Crippen LogP contribution in [0, 0.1) is 0 Å². The van der Waals surface area contributed by atoms with Crippen LogP contribution in [0.1, 0.15) is 31.9 Å². The topological polar surface area (TPSA) is 52.0 Å². The molecule has 4 heteroatoms. The standard InChI is InChI=1S/C13H15BrN2O/c1-3-8(2)12-11(13(15)17-16-12)9-4-6-10(14)7-5-9/h4-8H,3,15H2,1-2H3. The zero-order valence-corrected chi connectivity index (χ0v) is 11.5. The molecule has 1 heterocycles. The van der Waals surface area contributed by atoms with Gasteiger partial charge in [-0.25, -0.2) is 0 Å². The number of aromatic nitrogens is 1. The molecule has 0 bridgehead atoms. The number of anilines is 1. The maximum atomic E-state index is 5.86. The van der Waals surface area contributed by atoms with Crippen LogP contribution in [0.4, 0.5) is 5.88 Å². The summed E-state index contributed by atoms with van der Waals surface area (Å²) in [6, 6.07) is 8.00. The first-order valence-electron chi connectivity index (χ1n) is 5.64. The van der Waals surface area contributed by atoms with Crippen molar-refractivity contribution in [1.29, 1.82) is 0 Å². The van der Waals surface area contributed by atoms with E-state index in [4.69, 9.17) is 10.3 Å². The largest absolute Gasteiger partial charge is 0.367 e. The van der Waals surface area contributed by atoms with Crippen LogP contribution >= 0.6 is 15.9 Å². The molecule has 2 rings (SSSR count). The number of hydrogen-bond donors (Lipinski definition) is 1. The van der Waals surface area contributed by atoms with Crippen molar-refractivity contribution in [3.05, 3.63) is 34.4 Å². The molecule has 0 aliphatic heterocycles. The number of nitrogen functional groups attached to an aromatic ring is 1. The van der Waals surface area contributed by atoms with E-state index in [1.54, 1.807) is 0 Å². The van der Waals surface area contributed by atoms with Crippen LogP contribution in [-0.2, 0) is 0 Å². The second kappa shape index (κ2) is 4.92. The van der Waals surface area contributed by atoms with Crippen molar-refractivity contribution >= 4 is 21.8 Å². The molecule has 0 saturated heterocycles. The molecule has 0 amide bonds. The molecule has 2 N–H and O–H groups in total. The Kier molecular flexibility index (Phi) is 3.52. The summed E-state index contributed by atoms with van der Waals surface area (Å²) in [6.07, 6.45) is 1.01. The monoisotopic (exact) mass is 294 g/mol. The fourth-order valence-corrected chi connectivity index (χ4v) is 2.02. The van der Waals surface area contributed by atoms with Gasteiger partial charge in [0, 0.05) is 10.4 Å². The minimum atomic E-state index is 0.342. The average molecular weight is 295 g/mol. The lowest BCUT2D eigenvalue weighted by molar-refractivity contribution is 0.421. The van der Waals surface area contributed by atoms with Gasteiger partial charge in [-0.05, 0) is 24.1 Å². The quantitative estimate of drug-likeness (QED) is 0.923. The van der Waals surface area contributed by atoms with E-state index in [2.05, 4.69) is 34.9 Å². The molecular formula is C13H15BrN2O. The molecule has 17 heavy (non-hydrogen) atoms. The van der Waals surface area contributed by atoms with Gasteiger partial charge in [0.15, 0.2) is 0 Å². The fraction of sp³-hybridized carbons (Fsp3) is 0.308. The summed E-state index contributed by atoms with van der Waals surface area (Å²) in [4.78, 5) is 0. The van der Waals surface area contributed by atoms with Crippen molar-refractivity contribution in [2.45, 2.75) is 26.2 Å². The van der Waals surface area contributed by atoms with Gasteiger partial charge in [-0.15, -0.1) is 0 Å². The zero-order valence-electron chi connectivity index (χ0n) is 9.90. The van der Waals surface area contributed by atoms with Crippen LogP contribution in [-0.4, -0.2) is 5.16 Å². The molecule has 1 aromatic carbocycles. The van der Waals surface area contributed by atoms with Crippen molar-refractivity contribution < 1.29 is 4.52 Å². The van der Waals surface area contributed by atoms with E-state index in [0.29, 0.717) is 11.8 Å². The van der Waals surface area contributed by atoms with Gasteiger partial charge >= 0.3 is 0 Å². The molecule has 1 unspecified atom stereocenters. The predicted octanol–water partition coefficient (Wildman–Crippen LogP) is 4.20. The molecule has 1 aromatic heterocycles. The Bertz CT molecular complexity index is 505. The number of rotatable bonds is 3. The van der Waals surface area contributed by atoms with E-state index >= 15 is 0 Å². The highest BCUT2D eigenvalue weighted by Crippen LogP contribution is 2.35. The van der Waals surface area contributed by atoms with Gasteiger partial charge < -0.3 is 10.3 Å². The van der Waals surface area contributed by atoms with E-state index in [1.165, 1.54) is 0 Å². The molecule has 0 spiro atoms. The van der Waals surface area contributed by atoms with Crippen LogP contribution in [0.25, 0.3) is 11.1 Å². The van der Waals surface area contributed by atoms with Gasteiger partial charge in [0.1, 0.15) is 0 Å². The van der Waals surface area contributed by atoms with Gasteiger partial charge in [-0.2, -0.15) is 0 Å². The lowest BCUT2D eigenvalue weighted by Gasteiger charge is -2.07. The Morgan fingerprint density at radius 1 is 1.35 bits per heavy atom. The third-order valence-corrected chi connectivity index (χ3v) is 3.49. The molecule has 0 saturated carbocycles. The van der Waals surface area contributed by atoms with Crippen LogP contribution in [0.2, 0.25) is 0 Å². The summed E-state index contributed by atoms with van der Waals surface area (Å²) in [5.74, 6) is 0.734. The molecule has 0 aliphatic carbocycles. The Labute approximate surface area is 109 Å². The number of hydrogen-bond acceptors (Lipinski definition) is 3. The maximum Gasteiger partial charge on any atom is 0.230 e. The van der Waals surface area contributed by atoms with Crippen molar-refractivity contribution in [1.82, 2.24) is 5.16 Å². The second-order valence-corrected chi connectivity index (χ2v) is 5.04. The fourth-order valence-electron chi connectivity index (χ4n) is 1.75. The minimum Gasteiger partial charge on any atom is -0.367 e. The highest BCUT2D eigenvalue weighted by atomic mass is 79.9. The summed E-state index contributed by atoms with van der Waals surface area (Å²) in [7, 11) is 0. The molecule has 0 fully saturated rings. The first-order valence-corrected chi connectivity index (χ1v) is 6.43. The molecule has 0 radical (unpaired) electrons. The van der Waals surface area contributed by atoms with Gasteiger partial charge in [-0.1, -0.05) is 47.1 Å². The van der Waals surface area contributed by atoms with E-state index in [1.807, 2.05) is 24.3 Å². The van der Waals surface area contributed by atoms with Crippen molar-refractivity contribution in [2.24, 2.45) is 0 Å². The number of nitrogens with zero attached hydrogens (tertiary/aromatic N) is 1. The molecule has 1 atom stereocenters. The van der Waals surface area contributed by atoms with Gasteiger partial charge in [0.25, 0.3) is 0 Å². The summed E-state index contributed by atoms with van der Waals surface area (Å²) >= 11 is 3.42. The predicted molar refractivity (Wildman–Crippen MR) is 72.8 cm³/mol. The van der Waals surface area contributed by atoms with E-state index in [0.717, 1.165) is 27.7 Å². The Balaban J connectivity index is 2.50. The number of nitrogens with two attached hydrogens (primary N) is 1. The third-order valence-electron chi connectivity index (χ3n) is 2.96. The first kappa shape index (κ1) is 12.2. The summed E-state index contributed by atoms with van der Waals surface area (Å²) in [5, 5.41) is 4.07. The summed E-state index contributed by atoms with van der Waals surface area (Å²) < 4.78 is 6.16. The Morgan fingerprint density at radius 3 is 2.59 bits per heavy atom. The first-order chi connectivity index (χ1) is 8.13. The lowest BCUT2D eigenvalue weighted by atomic mass is 9.96. The Hall–Kier alpha value is -1.29. The van der Waals surface area contributed by atoms with Crippen LogP contribution in [0.3, 0.4) is 0 Å². The highest BCUT2D eigenvalue weighted by Gasteiger charge is 2.19. The molecule has 90 valence electrons. The number of benzene rings is 1. The normalized spacial score (nSPS) is 12.6. The lowest BCUT2D eigenvalue weighted by Crippen LogP contribution is -1.95. The number of halogens is 1. The van der Waals surface area contributed by atoms with E-state index in [-0.39, 0.29) is 0 Å². The van der Waals surface area contributed by atoms with Crippen molar-refractivity contribution in [3.8, 4) is 11.1 Å². The summed E-state index contributed by atoms with van der Waals surface area (Å²) in [5.41, 5.74) is 8.77. The zero-order chi connectivity index (χ0) is 12.4. The van der Waals surface area contributed by atoms with Crippen molar-refractivity contribution in [2.75, 3.05) is 5.73 Å².